The number of piperidine rings is 1. The summed E-state index contributed by atoms with van der Waals surface area (Å²) in [6.07, 6.45) is 2.85. The average Bonchev–Trinajstić information content (AvgIpc) is 2.86. The lowest BCUT2D eigenvalue weighted by Gasteiger charge is -2.29. The second-order valence-corrected chi connectivity index (χ2v) is 7.45. The van der Waals surface area contributed by atoms with Gasteiger partial charge >= 0.3 is 18.0 Å². The Morgan fingerprint density at radius 3 is 1.56 bits per heavy atom. The van der Waals surface area contributed by atoms with Crippen molar-refractivity contribution in [3.63, 3.8) is 0 Å². The third-order valence-electron chi connectivity index (χ3n) is 5.18. The van der Waals surface area contributed by atoms with Gasteiger partial charge in [0.2, 0.25) is 0 Å². The van der Waals surface area contributed by atoms with Crippen molar-refractivity contribution in [1.29, 1.82) is 0 Å². The minimum atomic E-state index is -0.520. The van der Waals surface area contributed by atoms with Crippen molar-refractivity contribution in [3.05, 3.63) is 81.9 Å². The Hall–Kier alpha value is -4.20. The first-order valence-electron chi connectivity index (χ1n) is 10.6. The molecule has 1 heterocycles. The Morgan fingerprint density at radius 1 is 0.794 bits per heavy atom. The van der Waals surface area contributed by atoms with Gasteiger partial charge in [0.05, 0.1) is 45.0 Å². The van der Waals surface area contributed by atoms with E-state index >= 15 is 0 Å². The fourth-order valence-corrected chi connectivity index (χ4v) is 3.45. The minimum absolute atomic E-state index is 0.0923. The molecule has 0 N–H and O–H groups in total. The Bertz CT molecular complexity index is 1060. The lowest BCUT2D eigenvalue weighted by atomic mass is 9.94. The molecule has 8 nitrogen and oxygen atoms in total. The fourth-order valence-electron chi connectivity index (χ4n) is 3.45. The van der Waals surface area contributed by atoms with Gasteiger partial charge in [-0.25, -0.2) is 14.4 Å². The lowest BCUT2D eigenvalue weighted by molar-refractivity contribution is -0.113. The van der Waals surface area contributed by atoms with E-state index in [1.165, 1.54) is 19.1 Å². The third kappa shape index (κ3) is 5.78. The van der Waals surface area contributed by atoms with E-state index in [2.05, 4.69) is 0 Å². The SMILES string of the molecule is CCOC(=O)N1C/C(=C\c2ccc(C(=O)OC)cc2)C(=O)/C(=C/c2ccc(C(=O)OC)cc2)C1. The van der Waals surface area contributed by atoms with Gasteiger partial charge < -0.3 is 14.2 Å². The van der Waals surface area contributed by atoms with Crippen molar-refractivity contribution in [2.75, 3.05) is 33.9 Å². The number of ether oxygens (including phenoxy) is 3. The van der Waals surface area contributed by atoms with Gasteiger partial charge in [-0.3, -0.25) is 9.69 Å². The van der Waals surface area contributed by atoms with E-state index in [1.54, 1.807) is 67.6 Å². The number of methoxy groups -OCH3 is 2. The zero-order chi connectivity index (χ0) is 24.7. The monoisotopic (exact) mass is 463 g/mol. The Balaban J connectivity index is 1.93. The normalized spacial score (nSPS) is 15.9. The summed E-state index contributed by atoms with van der Waals surface area (Å²) in [6, 6.07) is 13.2. The molecule has 3 rings (SSSR count). The maximum atomic E-state index is 13.2. The minimum Gasteiger partial charge on any atom is -0.465 e. The number of benzene rings is 2. The highest BCUT2D eigenvalue weighted by molar-refractivity contribution is 6.15. The van der Waals surface area contributed by atoms with Crippen LogP contribution in [-0.4, -0.2) is 62.6 Å². The molecule has 0 spiro atoms. The molecule has 1 saturated heterocycles. The van der Waals surface area contributed by atoms with Gasteiger partial charge in [0.15, 0.2) is 5.78 Å². The van der Waals surface area contributed by atoms with Crippen LogP contribution in [-0.2, 0) is 19.0 Å². The fraction of sp³-hybridized carbons (Fsp3) is 0.231. The topological polar surface area (TPSA) is 99.2 Å². The molecule has 0 unspecified atom stereocenters. The molecule has 34 heavy (non-hydrogen) atoms. The first-order valence-corrected chi connectivity index (χ1v) is 10.6. The number of ketones is 1. The highest BCUT2D eigenvalue weighted by Crippen LogP contribution is 2.23. The number of hydrogen-bond acceptors (Lipinski definition) is 7. The number of nitrogens with zero attached hydrogens (tertiary/aromatic N) is 1. The molecule has 1 aliphatic heterocycles. The summed E-state index contributed by atoms with van der Waals surface area (Å²) in [5, 5.41) is 0. The van der Waals surface area contributed by atoms with E-state index in [4.69, 9.17) is 14.2 Å². The number of carbonyl (C=O) groups excluding carboxylic acids is 4. The van der Waals surface area contributed by atoms with Crippen LogP contribution in [0.5, 0.6) is 0 Å². The van der Waals surface area contributed by atoms with Gasteiger partial charge in [-0.05, 0) is 54.5 Å². The van der Waals surface area contributed by atoms with Crippen LogP contribution in [0.4, 0.5) is 4.79 Å². The number of likely N-dealkylation sites (tertiary alicyclic amines) is 1. The van der Waals surface area contributed by atoms with Crippen molar-refractivity contribution in [2.24, 2.45) is 0 Å². The first kappa shape index (κ1) is 24.4. The van der Waals surface area contributed by atoms with Crippen LogP contribution < -0.4 is 0 Å². The van der Waals surface area contributed by atoms with Crippen LogP contribution in [0.25, 0.3) is 12.2 Å². The number of hydrogen-bond donors (Lipinski definition) is 0. The summed E-state index contributed by atoms with van der Waals surface area (Å²) < 4.78 is 14.5. The molecule has 176 valence electrons. The summed E-state index contributed by atoms with van der Waals surface area (Å²) >= 11 is 0. The quantitative estimate of drug-likeness (QED) is 0.378. The van der Waals surface area contributed by atoms with Crippen molar-refractivity contribution >= 4 is 36.0 Å². The molecule has 8 heteroatoms. The zero-order valence-electron chi connectivity index (χ0n) is 19.2. The van der Waals surface area contributed by atoms with Gasteiger partial charge in [-0.15, -0.1) is 0 Å². The summed E-state index contributed by atoms with van der Waals surface area (Å²) in [7, 11) is 2.61. The highest BCUT2D eigenvalue weighted by Gasteiger charge is 2.29. The van der Waals surface area contributed by atoms with E-state index in [-0.39, 0.29) is 25.5 Å². The Kier molecular flexibility index (Phi) is 7.97. The number of rotatable bonds is 5. The van der Waals surface area contributed by atoms with E-state index in [1.807, 2.05) is 0 Å². The van der Waals surface area contributed by atoms with Gasteiger partial charge in [-0.1, -0.05) is 24.3 Å². The molecule has 0 saturated carbocycles. The number of esters is 2. The van der Waals surface area contributed by atoms with Gasteiger partial charge in [0, 0.05) is 11.1 Å². The second kappa shape index (κ2) is 11.1. The molecular weight excluding hydrogens is 438 g/mol. The molecule has 0 aromatic heterocycles. The van der Waals surface area contributed by atoms with E-state index < -0.39 is 18.0 Å². The smallest absolute Gasteiger partial charge is 0.410 e. The van der Waals surface area contributed by atoms with Gasteiger partial charge in [0.1, 0.15) is 0 Å². The first-order chi connectivity index (χ1) is 16.4. The molecule has 0 bridgehead atoms. The molecule has 0 aliphatic carbocycles. The summed E-state index contributed by atoms with van der Waals surface area (Å²) in [5.74, 6) is -1.11. The predicted octanol–water partition coefficient (Wildman–Crippen LogP) is 3.77. The van der Waals surface area contributed by atoms with E-state index in [0.29, 0.717) is 33.4 Å². The maximum absolute atomic E-state index is 13.2. The lowest BCUT2D eigenvalue weighted by Crippen LogP contribution is -2.41. The van der Waals surface area contributed by atoms with Crippen LogP contribution in [0.3, 0.4) is 0 Å². The summed E-state index contributed by atoms with van der Waals surface area (Å²) in [4.78, 5) is 50.4. The van der Waals surface area contributed by atoms with Gasteiger partial charge in [-0.2, -0.15) is 0 Å². The summed E-state index contributed by atoms with van der Waals surface area (Å²) in [5.41, 5.74) is 2.99. The van der Waals surface area contributed by atoms with Gasteiger partial charge in [0.25, 0.3) is 0 Å². The van der Waals surface area contributed by atoms with Crippen LogP contribution in [0.2, 0.25) is 0 Å². The van der Waals surface area contributed by atoms with Crippen molar-refractivity contribution in [1.82, 2.24) is 4.90 Å². The van der Waals surface area contributed by atoms with Crippen molar-refractivity contribution in [2.45, 2.75) is 6.92 Å². The zero-order valence-corrected chi connectivity index (χ0v) is 19.2. The molecule has 1 amide bonds. The van der Waals surface area contributed by atoms with E-state index in [0.717, 1.165) is 0 Å². The average molecular weight is 463 g/mol. The third-order valence-corrected chi connectivity index (χ3v) is 5.18. The number of Topliss-reactive ketones (excluding diaryl/α,β-unsaturated/α-hetero) is 1. The second-order valence-electron chi connectivity index (χ2n) is 7.45. The molecular formula is C26H25NO7. The van der Waals surface area contributed by atoms with Crippen molar-refractivity contribution in [3.8, 4) is 0 Å². The van der Waals surface area contributed by atoms with Crippen LogP contribution in [0.1, 0.15) is 38.8 Å². The summed E-state index contributed by atoms with van der Waals surface area (Å²) in [6.45, 7) is 2.11. The Morgan fingerprint density at radius 2 is 1.21 bits per heavy atom. The molecule has 2 aromatic carbocycles. The van der Waals surface area contributed by atoms with Crippen molar-refractivity contribution < 1.29 is 33.4 Å². The maximum Gasteiger partial charge on any atom is 0.410 e. The molecule has 2 aromatic rings. The number of amides is 1. The standard InChI is InChI=1S/C26H25NO7/c1-4-34-26(31)27-15-21(13-17-5-9-19(10-6-17)24(29)32-2)23(28)22(16-27)14-18-7-11-20(12-8-18)25(30)33-3/h5-14H,4,15-16H2,1-3H3/b21-13+,22-14+. The van der Waals surface area contributed by atoms with E-state index in [9.17, 15) is 19.2 Å². The number of carbonyl (C=O) groups is 4. The molecule has 0 radical (unpaired) electrons. The Labute approximate surface area is 197 Å². The largest absolute Gasteiger partial charge is 0.465 e. The van der Waals surface area contributed by atoms with Crippen LogP contribution >= 0.6 is 0 Å². The molecule has 1 aliphatic rings. The van der Waals surface area contributed by atoms with Crippen LogP contribution in [0.15, 0.2) is 59.7 Å². The molecule has 1 fully saturated rings. The molecule has 0 atom stereocenters. The predicted molar refractivity (Wildman–Crippen MR) is 125 cm³/mol. The highest BCUT2D eigenvalue weighted by atomic mass is 16.6. The van der Waals surface area contributed by atoms with Crippen LogP contribution in [0, 0.1) is 0 Å².